The van der Waals surface area contributed by atoms with Crippen molar-refractivity contribution in [2.45, 2.75) is 0 Å². The van der Waals surface area contributed by atoms with E-state index >= 15 is 0 Å². The Labute approximate surface area is 205 Å². The highest BCUT2D eigenvalue weighted by molar-refractivity contribution is 5.98. The van der Waals surface area contributed by atoms with E-state index in [0.29, 0.717) is 39.5 Å². The van der Waals surface area contributed by atoms with Gasteiger partial charge in [-0.2, -0.15) is 5.26 Å². The third kappa shape index (κ3) is 4.73. The van der Waals surface area contributed by atoms with Crippen LogP contribution >= 0.6 is 0 Å². The Morgan fingerprint density at radius 3 is 2.28 bits per heavy atom. The van der Waals surface area contributed by atoms with Crippen LogP contribution in [0.2, 0.25) is 0 Å². The number of nitro benzene ring substituents is 1. The van der Waals surface area contributed by atoms with E-state index in [0.717, 1.165) is 0 Å². The third-order valence-corrected chi connectivity index (χ3v) is 5.25. The summed E-state index contributed by atoms with van der Waals surface area (Å²) in [5.41, 5.74) is 1.47. The van der Waals surface area contributed by atoms with E-state index in [1.165, 1.54) is 30.7 Å². The molecule has 0 saturated heterocycles. The number of pyridine rings is 2. The van der Waals surface area contributed by atoms with Gasteiger partial charge in [0.1, 0.15) is 23.3 Å². The van der Waals surface area contributed by atoms with E-state index in [-0.39, 0.29) is 17.0 Å². The summed E-state index contributed by atoms with van der Waals surface area (Å²) >= 11 is 0. The zero-order valence-electron chi connectivity index (χ0n) is 18.7. The second-order valence-corrected chi connectivity index (χ2v) is 7.60. The van der Waals surface area contributed by atoms with Crippen LogP contribution in [0.4, 0.5) is 17.1 Å². The lowest BCUT2D eigenvalue weighted by Gasteiger charge is -2.13. The van der Waals surface area contributed by atoms with E-state index < -0.39 is 4.92 Å². The summed E-state index contributed by atoms with van der Waals surface area (Å²) in [6.07, 6.45) is 4.47. The average Bonchev–Trinajstić information content (AvgIpc) is 2.90. The van der Waals surface area contributed by atoms with Gasteiger partial charge >= 0.3 is 5.69 Å². The smallest absolute Gasteiger partial charge is 0.312 e. The summed E-state index contributed by atoms with van der Waals surface area (Å²) in [4.78, 5) is 19.6. The molecule has 2 aromatic heterocycles. The van der Waals surface area contributed by atoms with Gasteiger partial charge in [0.15, 0.2) is 0 Å². The molecule has 0 unspecified atom stereocenters. The predicted molar refractivity (Wildman–Crippen MR) is 134 cm³/mol. The fourth-order valence-corrected chi connectivity index (χ4v) is 3.56. The highest BCUT2D eigenvalue weighted by atomic mass is 16.6. The first-order valence-electron chi connectivity index (χ1n) is 10.8. The molecular formula is C27H17N5O4. The monoisotopic (exact) mass is 475 g/mol. The van der Waals surface area contributed by atoms with Gasteiger partial charge in [0.2, 0.25) is 5.75 Å². The summed E-state index contributed by atoms with van der Waals surface area (Å²) in [5, 5.41) is 25.2. The second-order valence-electron chi connectivity index (χ2n) is 7.60. The minimum atomic E-state index is -0.533. The maximum atomic E-state index is 11.9. The summed E-state index contributed by atoms with van der Waals surface area (Å²) in [6, 6.07) is 24.7. The van der Waals surface area contributed by atoms with Gasteiger partial charge in [-0.15, -0.1) is 0 Å². The summed E-state index contributed by atoms with van der Waals surface area (Å²) in [7, 11) is 0. The molecule has 174 valence electrons. The van der Waals surface area contributed by atoms with Gasteiger partial charge in [-0.25, -0.2) is 0 Å². The Bertz CT molecular complexity index is 1580. The zero-order chi connectivity index (χ0) is 24.9. The number of nitriles is 1. The fourth-order valence-electron chi connectivity index (χ4n) is 3.56. The van der Waals surface area contributed by atoms with Crippen molar-refractivity contribution >= 4 is 28.0 Å². The van der Waals surface area contributed by atoms with Crippen LogP contribution in [0.1, 0.15) is 5.56 Å². The van der Waals surface area contributed by atoms with E-state index in [1.54, 1.807) is 36.4 Å². The summed E-state index contributed by atoms with van der Waals surface area (Å²) < 4.78 is 11.6. The predicted octanol–water partition coefficient (Wildman–Crippen LogP) is 6.74. The molecule has 5 rings (SSSR count). The molecule has 0 atom stereocenters. The normalized spacial score (nSPS) is 10.4. The Balaban J connectivity index is 1.50. The van der Waals surface area contributed by atoms with Crippen molar-refractivity contribution in [2.24, 2.45) is 0 Å². The Kier molecular flexibility index (Phi) is 6.06. The van der Waals surface area contributed by atoms with Crippen LogP contribution in [0.5, 0.6) is 23.0 Å². The lowest BCUT2D eigenvalue weighted by Crippen LogP contribution is -1.99. The van der Waals surface area contributed by atoms with Crippen molar-refractivity contribution in [2.75, 3.05) is 5.32 Å². The van der Waals surface area contributed by atoms with Crippen LogP contribution < -0.4 is 14.8 Å². The van der Waals surface area contributed by atoms with Crippen molar-refractivity contribution in [1.29, 1.82) is 5.26 Å². The first-order valence-corrected chi connectivity index (χ1v) is 10.8. The topological polar surface area (TPSA) is 123 Å². The number of anilines is 2. The highest BCUT2D eigenvalue weighted by Gasteiger charge is 2.21. The van der Waals surface area contributed by atoms with Crippen molar-refractivity contribution in [3.63, 3.8) is 0 Å². The summed E-state index contributed by atoms with van der Waals surface area (Å²) in [6.45, 7) is 0. The van der Waals surface area contributed by atoms with Gasteiger partial charge < -0.3 is 14.8 Å². The molecule has 0 radical (unpaired) electrons. The van der Waals surface area contributed by atoms with Crippen molar-refractivity contribution in [3.05, 3.63) is 113 Å². The Morgan fingerprint density at radius 2 is 1.58 bits per heavy atom. The van der Waals surface area contributed by atoms with Crippen LogP contribution in [-0.2, 0) is 0 Å². The molecule has 0 spiro atoms. The van der Waals surface area contributed by atoms with Crippen molar-refractivity contribution in [3.8, 4) is 29.1 Å². The van der Waals surface area contributed by atoms with Gasteiger partial charge in [0.05, 0.1) is 21.7 Å². The highest BCUT2D eigenvalue weighted by Crippen LogP contribution is 2.39. The molecule has 0 aliphatic carbocycles. The SMILES string of the molecule is N#Cc1cnc2cc(Oc3ccncc3)c([N+](=O)[O-])cc2c1Nc1ccc(Oc2ccccc2)cc1. The molecule has 0 bridgehead atoms. The number of para-hydroxylation sites is 1. The van der Waals surface area contributed by atoms with Gasteiger partial charge in [-0.1, -0.05) is 18.2 Å². The lowest BCUT2D eigenvalue weighted by atomic mass is 10.1. The van der Waals surface area contributed by atoms with Crippen LogP contribution in [-0.4, -0.2) is 14.9 Å². The molecule has 36 heavy (non-hydrogen) atoms. The first-order chi connectivity index (χ1) is 17.6. The van der Waals surface area contributed by atoms with Crippen molar-refractivity contribution in [1.82, 2.24) is 9.97 Å². The minimum Gasteiger partial charge on any atom is -0.457 e. The summed E-state index contributed by atoms with van der Waals surface area (Å²) in [5.74, 6) is 1.78. The first kappa shape index (κ1) is 22.3. The fraction of sp³-hybridized carbons (Fsp3) is 0. The molecule has 2 heterocycles. The minimum absolute atomic E-state index is 0.0317. The van der Waals surface area contributed by atoms with E-state index in [2.05, 4.69) is 21.4 Å². The van der Waals surface area contributed by atoms with E-state index in [9.17, 15) is 15.4 Å². The van der Waals surface area contributed by atoms with E-state index in [1.807, 2.05) is 30.3 Å². The Hall–Kier alpha value is -5.49. The van der Waals surface area contributed by atoms with Gasteiger partial charge in [-0.3, -0.25) is 20.1 Å². The van der Waals surface area contributed by atoms with Crippen LogP contribution in [0.3, 0.4) is 0 Å². The molecule has 0 amide bonds. The maximum absolute atomic E-state index is 11.9. The maximum Gasteiger partial charge on any atom is 0.312 e. The standard InChI is InChI=1S/C27H17N5O4/c28-16-18-17-30-24-15-26(36-22-10-12-29-13-11-22)25(32(33)34)14-23(24)27(18)31-19-6-8-21(9-7-19)35-20-4-2-1-3-5-20/h1-15,17H,(H,30,31). The second kappa shape index (κ2) is 9.79. The molecule has 0 aliphatic heterocycles. The molecule has 3 aromatic carbocycles. The van der Waals surface area contributed by atoms with E-state index in [4.69, 9.17) is 9.47 Å². The van der Waals surface area contributed by atoms with Crippen LogP contribution in [0.25, 0.3) is 10.9 Å². The molecule has 5 aromatic rings. The third-order valence-electron chi connectivity index (χ3n) is 5.25. The molecule has 9 nitrogen and oxygen atoms in total. The van der Waals surface area contributed by atoms with Crippen LogP contribution in [0.15, 0.2) is 97.5 Å². The number of nitro groups is 1. The Morgan fingerprint density at radius 1 is 0.889 bits per heavy atom. The molecule has 0 aliphatic rings. The van der Waals surface area contributed by atoms with Gasteiger partial charge in [0.25, 0.3) is 0 Å². The number of aromatic nitrogens is 2. The number of nitrogens with zero attached hydrogens (tertiary/aromatic N) is 4. The molecular weight excluding hydrogens is 458 g/mol. The number of fused-ring (bicyclic) bond motifs is 1. The molecule has 9 heteroatoms. The van der Waals surface area contributed by atoms with Gasteiger partial charge in [0, 0.05) is 41.8 Å². The number of benzene rings is 3. The number of hydrogen-bond acceptors (Lipinski definition) is 8. The number of ether oxygens (including phenoxy) is 2. The van der Waals surface area contributed by atoms with Crippen LogP contribution in [0, 0.1) is 21.4 Å². The quantitative estimate of drug-likeness (QED) is 0.203. The molecule has 0 fully saturated rings. The van der Waals surface area contributed by atoms with Crippen molar-refractivity contribution < 1.29 is 14.4 Å². The van der Waals surface area contributed by atoms with Gasteiger partial charge in [-0.05, 0) is 48.5 Å². The number of rotatable bonds is 7. The number of hydrogen-bond donors (Lipinski definition) is 1. The molecule has 1 N–H and O–H groups in total. The average molecular weight is 475 g/mol. The zero-order valence-corrected chi connectivity index (χ0v) is 18.7. The molecule has 0 saturated carbocycles. The largest absolute Gasteiger partial charge is 0.457 e. The number of nitrogens with one attached hydrogen (secondary N) is 1. The lowest BCUT2D eigenvalue weighted by molar-refractivity contribution is -0.385.